The minimum Gasteiger partial charge on any atom is -0.466 e. The molecule has 0 saturated carbocycles. The van der Waals surface area contributed by atoms with Crippen molar-refractivity contribution >= 4 is 28.5 Å². The summed E-state index contributed by atoms with van der Waals surface area (Å²) in [6.07, 6.45) is 1.29. The molecule has 1 aliphatic heterocycles. The first-order valence-electron chi connectivity index (χ1n) is 6.88. The van der Waals surface area contributed by atoms with Crippen LogP contribution in [0.1, 0.15) is 30.6 Å². The second-order valence-corrected chi connectivity index (χ2v) is 5.41. The number of halogens is 1. The molecule has 0 spiro atoms. The number of fused-ring (bicyclic) bond motifs is 3. The van der Waals surface area contributed by atoms with E-state index < -0.39 is 0 Å². The van der Waals surface area contributed by atoms with Crippen molar-refractivity contribution < 1.29 is 9.53 Å². The van der Waals surface area contributed by atoms with E-state index in [1.165, 1.54) is 5.56 Å². The van der Waals surface area contributed by atoms with Gasteiger partial charge < -0.3 is 15.0 Å². The highest BCUT2D eigenvalue weighted by Crippen LogP contribution is 2.32. The van der Waals surface area contributed by atoms with E-state index in [-0.39, 0.29) is 12.0 Å². The molecular formula is C15H17ClN2O2. The summed E-state index contributed by atoms with van der Waals surface area (Å²) in [5, 5.41) is 5.27. The van der Waals surface area contributed by atoms with Crippen molar-refractivity contribution in [3.05, 3.63) is 34.5 Å². The Hall–Kier alpha value is -1.52. The topological polar surface area (TPSA) is 54.1 Å². The van der Waals surface area contributed by atoms with Gasteiger partial charge in [-0.2, -0.15) is 0 Å². The maximum absolute atomic E-state index is 11.7. The van der Waals surface area contributed by atoms with Gasteiger partial charge in [0.2, 0.25) is 0 Å². The number of carbonyl (C=O) groups is 1. The summed E-state index contributed by atoms with van der Waals surface area (Å²) in [6, 6.07) is 5.83. The van der Waals surface area contributed by atoms with Gasteiger partial charge in [-0.15, -0.1) is 0 Å². The summed E-state index contributed by atoms with van der Waals surface area (Å²) in [4.78, 5) is 15.1. The summed E-state index contributed by atoms with van der Waals surface area (Å²) in [7, 11) is 0. The summed E-state index contributed by atoms with van der Waals surface area (Å²) >= 11 is 6.08. The maximum Gasteiger partial charge on any atom is 0.307 e. The van der Waals surface area contributed by atoms with E-state index in [9.17, 15) is 4.79 Å². The molecule has 0 fully saturated rings. The van der Waals surface area contributed by atoms with Crippen LogP contribution in [0.3, 0.4) is 0 Å². The lowest BCUT2D eigenvalue weighted by Crippen LogP contribution is -2.31. The van der Waals surface area contributed by atoms with Crippen LogP contribution in [-0.4, -0.2) is 24.1 Å². The van der Waals surface area contributed by atoms with Crippen molar-refractivity contribution in [1.29, 1.82) is 0 Å². The van der Waals surface area contributed by atoms with Crippen molar-refractivity contribution in [2.45, 2.75) is 25.8 Å². The van der Waals surface area contributed by atoms with Crippen molar-refractivity contribution in [3.8, 4) is 0 Å². The molecule has 1 unspecified atom stereocenters. The number of H-pyrrole nitrogens is 1. The molecule has 2 heterocycles. The zero-order valence-corrected chi connectivity index (χ0v) is 12.1. The van der Waals surface area contributed by atoms with E-state index in [1.807, 2.05) is 25.1 Å². The molecule has 0 saturated heterocycles. The van der Waals surface area contributed by atoms with Gasteiger partial charge in [0.15, 0.2) is 0 Å². The molecule has 0 aliphatic carbocycles. The van der Waals surface area contributed by atoms with E-state index in [2.05, 4.69) is 10.3 Å². The van der Waals surface area contributed by atoms with Crippen LogP contribution in [0.25, 0.3) is 10.9 Å². The standard InChI is InChI=1S/C15H17ClN2O2/c1-2-20-14(19)8-13-15-10(5-6-17-13)11-7-9(16)3-4-12(11)18-15/h3-4,7,13,17-18H,2,5-6,8H2,1H3. The second-order valence-electron chi connectivity index (χ2n) is 4.97. The molecule has 3 rings (SSSR count). The number of aromatic amines is 1. The number of rotatable bonds is 3. The fourth-order valence-electron chi connectivity index (χ4n) is 2.84. The number of nitrogens with one attached hydrogen (secondary N) is 2. The average Bonchev–Trinajstić information content (AvgIpc) is 2.78. The second kappa shape index (κ2) is 5.46. The van der Waals surface area contributed by atoms with Crippen molar-refractivity contribution in [1.82, 2.24) is 10.3 Å². The number of hydrogen-bond acceptors (Lipinski definition) is 3. The van der Waals surface area contributed by atoms with Gasteiger partial charge in [0.05, 0.1) is 19.1 Å². The lowest BCUT2D eigenvalue weighted by molar-refractivity contribution is -0.143. The van der Waals surface area contributed by atoms with Gasteiger partial charge in [-0.25, -0.2) is 0 Å². The molecule has 4 nitrogen and oxygen atoms in total. The molecule has 0 radical (unpaired) electrons. The third-order valence-corrected chi connectivity index (χ3v) is 3.93. The van der Waals surface area contributed by atoms with Gasteiger partial charge >= 0.3 is 5.97 Å². The average molecular weight is 293 g/mol. The van der Waals surface area contributed by atoms with Gasteiger partial charge in [0.1, 0.15) is 0 Å². The monoisotopic (exact) mass is 292 g/mol. The van der Waals surface area contributed by atoms with Gasteiger partial charge in [0, 0.05) is 21.6 Å². The first-order valence-corrected chi connectivity index (χ1v) is 7.26. The van der Waals surface area contributed by atoms with E-state index in [0.29, 0.717) is 13.0 Å². The molecule has 5 heteroatoms. The Morgan fingerprint density at radius 3 is 3.15 bits per heavy atom. The Labute approximate surface area is 122 Å². The van der Waals surface area contributed by atoms with Crippen LogP contribution in [0.4, 0.5) is 0 Å². The van der Waals surface area contributed by atoms with E-state index >= 15 is 0 Å². The summed E-state index contributed by atoms with van der Waals surface area (Å²) in [5.41, 5.74) is 3.41. The van der Waals surface area contributed by atoms with Crippen LogP contribution >= 0.6 is 11.6 Å². The first-order chi connectivity index (χ1) is 9.69. The van der Waals surface area contributed by atoms with Crippen LogP contribution in [0.5, 0.6) is 0 Å². The fraction of sp³-hybridized carbons (Fsp3) is 0.400. The normalized spacial score (nSPS) is 18.0. The Kier molecular flexibility index (Phi) is 3.68. The van der Waals surface area contributed by atoms with Gasteiger partial charge in [-0.1, -0.05) is 11.6 Å². The molecule has 1 atom stereocenters. The van der Waals surface area contributed by atoms with Gasteiger partial charge in [0.25, 0.3) is 0 Å². The molecule has 20 heavy (non-hydrogen) atoms. The molecule has 1 aromatic heterocycles. The molecule has 2 N–H and O–H groups in total. The highest BCUT2D eigenvalue weighted by atomic mass is 35.5. The van der Waals surface area contributed by atoms with Crippen molar-refractivity contribution in [2.75, 3.05) is 13.2 Å². The Morgan fingerprint density at radius 1 is 1.50 bits per heavy atom. The largest absolute Gasteiger partial charge is 0.466 e. The fourth-order valence-corrected chi connectivity index (χ4v) is 3.01. The molecule has 0 bridgehead atoms. The lowest BCUT2D eigenvalue weighted by Gasteiger charge is -2.23. The highest BCUT2D eigenvalue weighted by molar-refractivity contribution is 6.31. The first kappa shape index (κ1) is 13.5. The van der Waals surface area contributed by atoms with Gasteiger partial charge in [-0.05, 0) is 43.7 Å². The smallest absolute Gasteiger partial charge is 0.307 e. The third kappa shape index (κ3) is 2.41. The van der Waals surface area contributed by atoms with Crippen LogP contribution in [0, 0.1) is 0 Å². The van der Waals surface area contributed by atoms with E-state index in [1.54, 1.807) is 0 Å². The van der Waals surface area contributed by atoms with Crippen molar-refractivity contribution in [2.24, 2.45) is 0 Å². The Morgan fingerprint density at radius 2 is 2.35 bits per heavy atom. The minimum atomic E-state index is -0.172. The SMILES string of the molecule is CCOC(=O)CC1NCCc2c1[nH]c1ccc(Cl)cc21. The number of carbonyl (C=O) groups excluding carboxylic acids is 1. The minimum absolute atomic E-state index is 0.0102. The number of esters is 1. The third-order valence-electron chi connectivity index (χ3n) is 3.69. The molecule has 106 valence electrons. The molecule has 0 amide bonds. The number of hydrogen-bond donors (Lipinski definition) is 2. The molecule has 1 aromatic carbocycles. The van der Waals surface area contributed by atoms with E-state index in [0.717, 1.165) is 34.6 Å². The number of ether oxygens (including phenoxy) is 1. The zero-order chi connectivity index (χ0) is 14.1. The van der Waals surface area contributed by atoms with Crippen LogP contribution < -0.4 is 5.32 Å². The predicted molar refractivity (Wildman–Crippen MR) is 79.0 cm³/mol. The van der Waals surface area contributed by atoms with E-state index in [4.69, 9.17) is 16.3 Å². The predicted octanol–water partition coefficient (Wildman–Crippen LogP) is 2.96. The number of benzene rings is 1. The Bertz CT molecular complexity index is 651. The highest BCUT2D eigenvalue weighted by Gasteiger charge is 2.26. The van der Waals surface area contributed by atoms with Crippen LogP contribution in [0.15, 0.2) is 18.2 Å². The molecular weight excluding hydrogens is 276 g/mol. The Balaban J connectivity index is 1.96. The molecule has 1 aliphatic rings. The maximum atomic E-state index is 11.7. The molecule has 2 aromatic rings. The van der Waals surface area contributed by atoms with Gasteiger partial charge in [-0.3, -0.25) is 4.79 Å². The lowest BCUT2D eigenvalue weighted by atomic mass is 9.97. The van der Waals surface area contributed by atoms with Crippen LogP contribution in [0.2, 0.25) is 5.02 Å². The number of aromatic nitrogens is 1. The zero-order valence-electron chi connectivity index (χ0n) is 11.3. The quantitative estimate of drug-likeness (QED) is 0.855. The summed E-state index contributed by atoms with van der Waals surface area (Å²) in [6.45, 7) is 3.10. The summed E-state index contributed by atoms with van der Waals surface area (Å²) < 4.78 is 5.04. The summed E-state index contributed by atoms with van der Waals surface area (Å²) in [5.74, 6) is -0.172. The van der Waals surface area contributed by atoms with Crippen molar-refractivity contribution in [3.63, 3.8) is 0 Å². The van der Waals surface area contributed by atoms with Crippen LogP contribution in [-0.2, 0) is 16.0 Å².